The van der Waals surface area contributed by atoms with Crippen molar-refractivity contribution >= 4 is 11.8 Å². The predicted octanol–water partition coefficient (Wildman–Crippen LogP) is 0.0392. The van der Waals surface area contributed by atoms with Crippen molar-refractivity contribution in [1.29, 1.82) is 0 Å². The number of aliphatic hydroxyl groups is 1. The standard InChI is InChI=1S/C13H22N2O3/c1-5-7-14-11(17)9-12(18)15-10(6-8-16)13(2,3)4/h1,10,16H,6-9H2,2-4H3,(H,14,17)(H,15,18). The van der Waals surface area contributed by atoms with E-state index >= 15 is 0 Å². The third-order valence-electron chi connectivity index (χ3n) is 2.51. The van der Waals surface area contributed by atoms with Crippen LogP contribution in [0.1, 0.15) is 33.6 Å². The summed E-state index contributed by atoms with van der Waals surface area (Å²) in [4.78, 5) is 22.9. The van der Waals surface area contributed by atoms with Crippen LogP contribution >= 0.6 is 0 Å². The smallest absolute Gasteiger partial charge is 0.230 e. The molecule has 1 unspecified atom stereocenters. The summed E-state index contributed by atoms with van der Waals surface area (Å²) in [6.45, 7) is 6.00. The van der Waals surface area contributed by atoms with Crippen molar-refractivity contribution in [3.05, 3.63) is 0 Å². The van der Waals surface area contributed by atoms with E-state index < -0.39 is 5.91 Å². The first-order valence-corrected chi connectivity index (χ1v) is 5.91. The Morgan fingerprint density at radius 3 is 2.39 bits per heavy atom. The Labute approximate surface area is 108 Å². The number of nitrogens with one attached hydrogen (secondary N) is 2. The molecule has 0 aromatic carbocycles. The maximum absolute atomic E-state index is 11.6. The van der Waals surface area contributed by atoms with Gasteiger partial charge in [0.25, 0.3) is 0 Å². The van der Waals surface area contributed by atoms with Crippen molar-refractivity contribution in [1.82, 2.24) is 10.6 Å². The molecule has 0 rings (SSSR count). The number of amides is 2. The predicted molar refractivity (Wildman–Crippen MR) is 69.5 cm³/mol. The van der Waals surface area contributed by atoms with Gasteiger partial charge in [-0.15, -0.1) is 6.42 Å². The summed E-state index contributed by atoms with van der Waals surface area (Å²) in [5, 5.41) is 14.1. The van der Waals surface area contributed by atoms with Crippen molar-refractivity contribution in [2.24, 2.45) is 5.41 Å². The van der Waals surface area contributed by atoms with Crippen LogP contribution in [-0.4, -0.2) is 36.1 Å². The lowest BCUT2D eigenvalue weighted by Crippen LogP contribution is -2.45. The molecule has 0 aliphatic rings. The lowest BCUT2D eigenvalue weighted by Gasteiger charge is -2.31. The van der Waals surface area contributed by atoms with Gasteiger partial charge in [-0.3, -0.25) is 9.59 Å². The molecule has 0 aromatic heterocycles. The van der Waals surface area contributed by atoms with Crippen LogP contribution in [0.2, 0.25) is 0 Å². The van der Waals surface area contributed by atoms with Crippen LogP contribution in [0.15, 0.2) is 0 Å². The van der Waals surface area contributed by atoms with Crippen molar-refractivity contribution in [2.75, 3.05) is 13.2 Å². The highest BCUT2D eigenvalue weighted by atomic mass is 16.3. The van der Waals surface area contributed by atoms with Crippen LogP contribution in [0.3, 0.4) is 0 Å². The summed E-state index contributed by atoms with van der Waals surface area (Å²) in [5.74, 6) is 1.50. The van der Waals surface area contributed by atoms with Crippen LogP contribution in [0, 0.1) is 17.8 Å². The molecule has 0 fully saturated rings. The van der Waals surface area contributed by atoms with E-state index in [-0.39, 0.29) is 36.9 Å². The van der Waals surface area contributed by atoms with Gasteiger partial charge >= 0.3 is 0 Å². The van der Waals surface area contributed by atoms with Gasteiger partial charge in [0.1, 0.15) is 6.42 Å². The normalized spacial score (nSPS) is 12.4. The summed E-state index contributed by atoms with van der Waals surface area (Å²) >= 11 is 0. The quantitative estimate of drug-likeness (QED) is 0.462. The van der Waals surface area contributed by atoms with Gasteiger partial charge in [0.05, 0.1) is 6.54 Å². The zero-order valence-corrected chi connectivity index (χ0v) is 11.2. The largest absolute Gasteiger partial charge is 0.396 e. The first kappa shape index (κ1) is 16.5. The van der Waals surface area contributed by atoms with Gasteiger partial charge in [-0.25, -0.2) is 0 Å². The van der Waals surface area contributed by atoms with Crippen LogP contribution in [0.5, 0.6) is 0 Å². The zero-order valence-electron chi connectivity index (χ0n) is 11.2. The lowest BCUT2D eigenvalue weighted by molar-refractivity contribution is -0.130. The molecule has 0 aromatic rings. The fourth-order valence-electron chi connectivity index (χ4n) is 1.45. The van der Waals surface area contributed by atoms with E-state index in [0.717, 1.165) is 0 Å². The molecule has 3 N–H and O–H groups in total. The van der Waals surface area contributed by atoms with Crippen LogP contribution in [0.4, 0.5) is 0 Å². The van der Waals surface area contributed by atoms with Gasteiger partial charge in [0, 0.05) is 12.6 Å². The van der Waals surface area contributed by atoms with Gasteiger partial charge in [-0.05, 0) is 11.8 Å². The van der Waals surface area contributed by atoms with E-state index in [1.807, 2.05) is 20.8 Å². The summed E-state index contributed by atoms with van der Waals surface area (Å²) in [5.41, 5.74) is -0.173. The molecular weight excluding hydrogens is 232 g/mol. The average molecular weight is 254 g/mol. The van der Waals surface area contributed by atoms with E-state index in [9.17, 15) is 9.59 Å². The average Bonchev–Trinajstić information content (AvgIpc) is 2.24. The highest BCUT2D eigenvalue weighted by molar-refractivity contribution is 5.97. The molecule has 0 aliphatic heterocycles. The van der Waals surface area contributed by atoms with Crippen LogP contribution < -0.4 is 10.6 Å². The summed E-state index contributed by atoms with van der Waals surface area (Å²) in [6, 6.07) is -0.171. The number of hydrogen-bond acceptors (Lipinski definition) is 3. The third kappa shape index (κ3) is 6.92. The molecule has 1 atom stereocenters. The summed E-state index contributed by atoms with van der Waals surface area (Å²) in [6.07, 6.45) is 5.20. The maximum Gasteiger partial charge on any atom is 0.230 e. The number of hydrogen-bond donors (Lipinski definition) is 3. The van der Waals surface area contributed by atoms with E-state index in [4.69, 9.17) is 11.5 Å². The molecule has 0 heterocycles. The Balaban J connectivity index is 4.27. The molecule has 5 nitrogen and oxygen atoms in total. The molecule has 5 heteroatoms. The van der Waals surface area contributed by atoms with Crippen LogP contribution in [0.25, 0.3) is 0 Å². The Bertz CT molecular complexity index is 326. The fourth-order valence-corrected chi connectivity index (χ4v) is 1.45. The molecule has 0 spiro atoms. The van der Waals surface area contributed by atoms with Gasteiger partial charge in [0.2, 0.25) is 11.8 Å². The highest BCUT2D eigenvalue weighted by Gasteiger charge is 2.26. The Hall–Kier alpha value is -1.54. The first-order valence-electron chi connectivity index (χ1n) is 5.91. The minimum atomic E-state index is -0.401. The topological polar surface area (TPSA) is 78.4 Å². The zero-order chi connectivity index (χ0) is 14.2. The number of terminal acetylenes is 1. The summed E-state index contributed by atoms with van der Waals surface area (Å²) < 4.78 is 0. The molecular formula is C13H22N2O3. The molecule has 18 heavy (non-hydrogen) atoms. The van der Waals surface area contributed by atoms with E-state index in [1.54, 1.807) is 0 Å². The number of carbonyl (C=O) groups excluding carboxylic acids is 2. The number of rotatable bonds is 6. The molecule has 0 radical (unpaired) electrons. The van der Waals surface area contributed by atoms with Gasteiger partial charge < -0.3 is 15.7 Å². The van der Waals surface area contributed by atoms with E-state index in [0.29, 0.717) is 6.42 Å². The van der Waals surface area contributed by atoms with Crippen molar-refractivity contribution in [3.63, 3.8) is 0 Å². The molecule has 0 aliphatic carbocycles. The number of carbonyl (C=O) groups is 2. The Morgan fingerprint density at radius 2 is 1.94 bits per heavy atom. The van der Waals surface area contributed by atoms with E-state index in [2.05, 4.69) is 16.6 Å². The molecule has 0 saturated heterocycles. The lowest BCUT2D eigenvalue weighted by atomic mass is 9.85. The van der Waals surface area contributed by atoms with Crippen molar-refractivity contribution < 1.29 is 14.7 Å². The second kappa shape index (κ2) is 7.72. The number of aliphatic hydroxyl groups excluding tert-OH is 1. The SMILES string of the molecule is C#CCNC(=O)CC(=O)NC(CCO)C(C)(C)C. The molecule has 2 amide bonds. The monoisotopic (exact) mass is 254 g/mol. The van der Waals surface area contributed by atoms with E-state index in [1.165, 1.54) is 0 Å². The van der Waals surface area contributed by atoms with Gasteiger partial charge in [-0.2, -0.15) is 0 Å². The minimum absolute atomic E-state index is 0.00843. The summed E-state index contributed by atoms with van der Waals surface area (Å²) in [7, 11) is 0. The first-order chi connectivity index (χ1) is 8.31. The van der Waals surface area contributed by atoms with Crippen molar-refractivity contribution in [3.8, 4) is 12.3 Å². The second-order valence-corrected chi connectivity index (χ2v) is 5.16. The molecule has 0 saturated carbocycles. The fraction of sp³-hybridized carbons (Fsp3) is 0.692. The van der Waals surface area contributed by atoms with Crippen molar-refractivity contribution in [2.45, 2.75) is 39.7 Å². The molecule has 0 bridgehead atoms. The highest BCUT2D eigenvalue weighted by Crippen LogP contribution is 2.21. The minimum Gasteiger partial charge on any atom is -0.396 e. The van der Waals surface area contributed by atoms with Crippen LogP contribution in [-0.2, 0) is 9.59 Å². The second-order valence-electron chi connectivity index (χ2n) is 5.16. The third-order valence-corrected chi connectivity index (χ3v) is 2.51. The van der Waals surface area contributed by atoms with Gasteiger partial charge in [-0.1, -0.05) is 26.7 Å². The Morgan fingerprint density at radius 1 is 1.33 bits per heavy atom. The maximum atomic E-state index is 11.6. The van der Waals surface area contributed by atoms with Gasteiger partial charge in [0.15, 0.2) is 0 Å². The Kier molecular flexibility index (Phi) is 7.06. The molecule has 102 valence electrons.